The van der Waals surface area contributed by atoms with Crippen molar-refractivity contribution in [2.24, 2.45) is 11.3 Å². The Balaban J connectivity index is 2.67. The van der Waals surface area contributed by atoms with Crippen LogP contribution < -0.4 is 0 Å². The third-order valence-electron chi connectivity index (χ3n) is 3.79. The fourth-order valence-corrected chi connectivity index (χ4v) is 2.64. The highest BCUT2D eigenvalue weighted by Crippen LogP contribution is 2.37. The zero-order valence-electron chi connectivity index (χ0n) is 13.2. The van der Waals surface area contributed by atoms with Crippen LogP contribution in [0.4, 0.5) is 4.79 Å². The van der Waals surface area contributed by atoms with E-state index < -0.39 is 11.6 Å². The second kappa shape index (κ2) is 6.02. The first-order chi connectivity index (χ1) is 9.01. The number of piperidine rings is 1. The molecule has 1 heterocycles. The molecule has 0 aromatic carbocycles. The minimum Gasteiger partial charge on any atom is -0.481 e. The molecular formula is C15H27NO4. The summed E-state index contributed by atoms with van der Waals surface area (Å²) in [5, 5.41) is 9.00. The molecule has 0 bridgehead atoms. The number of carboxylic acid groups (broad SMARTS) is 1. The summed E-state index contributed by atoms with van der Waals surface area (Å²) in [5.41, 5.74) is -0.812. The summed E-state index contributed by atoms with van der Waals surface area (Å²) in [5.74, 6) is -0.593. The largest absolute Gasteiger partial charge is 0.481 e. The molecule has 5 nitrogen and oxygen atoms in total. The van der Waals surface area contributed by atoms with Gasteiger partial charge in [0.15, 0.2) is 0 Å². The highest BCUT2D eigenvalue weighted by molar-refractivity contribution is 5.69. The normalized spacial score (nSPS) is 20.6. The van der Waals surface area contributed by atoms with E-state index in [4.69, 9.17) is 9.84 Å². The highest BCUT2D eigenvalue weighted by Gasteiger charge is 2.37. The van der Waals surface area contributed by atoms with Crippen molar-refractivity contribution in [2.45, 2.75) is 59.5 Å². The lowest BCUT2D eigenvalue weighted by Crippen LogP contribution is -2.46. The molecule has 1 unspecified atom stereocenters. The third kappa shape index (κ3) is 5.02. The maximum Gasteiger partial charge on any atom is 0.410 e. The van der Waals surface area contributed by atoms with Gasteiger partial charge in [0.25, 0.3) is 0 Å². The Hall–Kier alpha value is -1.26. The first kappa shape index (κ1) is 16.8. The lowest BCUT2D eigenvalue weighted by Gasteiger charge is -2.41. The number of likely N-dealkylation sites (tertiary alicyclic amines) is 1. The molecule has 0 aromatic heterocycles. The van der Waals surface area contributed by atoms with E-state index in [1.54, 1.807) is 4.90 Å². The molecule has 0 saturated carbocycles. The molecule has 1 aliphatic heterocycles. The number of rotatable bonds is 3. The van der Waals surface area contributed by atoms with Gasteiger partial charge in [0, 0.05) is 13.1 Å². The molecule has 1 rings (SSSR count). The van der Waals surface area contributed by atoms with E-state index in [2.05, 4.69) is 0 Å². The lowest BCUT2D eigenvalue weighted by molar-refractivity contribution is -0.140. The van der Waals surface area contributed by atoms with Crippen molar-refractivity contribution in [2.75, 3.05) is 13.1 Å². The second-order valence-electron chi connectivity index (χ2n) is 7.32. The Bertz CT molecular complexity index is 371. The summed E-state index contributed by atoms with van der Waals surface area (Å²) in [6.45, 7) is 10.7. The molecule has 116 valence electrons. The number of carbonyl (C=O) groups is 2. The van der Waals surface area contributed by atoms with Crippen LogP contribution in [0.1, 0.15) is 53.9 Å². The Morgan fingerprint density at radius 3 is 2.35 bits per heavy atom. The molecule has 0 aliphatic carbocycles. The van der Waals surface area contributed by atoms with E-state index in [1.807, 2.05) is 34.6 Å². The minimum absolute atomic E-state index is 0.125. The molecule has 1 N–H and O–H groups in total. The predicted octanol–water partition coefficient (Wildman–Crippen LogP) is 3.13. The lowest BCUT2D eigenvalue weighted by atomic mass is 9.72. The van der Waals surface area contributed by atoms with Crippen molar-refractivity contribution in [1.29, 1.82) is 0 Å². The number of amides is 1. The molecule has 5 heteroatoms. The molecule has 1 aliphatic rings. The zero-order valence-corrected chi connectivity index (χ0v) is 13.2. The van der Waals surface area contributed by atoms with Gasteiger partial charge in [-0.25, -0.2) is 4.79 Å². The monoisotopic (exact) mass is 285 g/mol. The van der Waals surface area contributed by atoms with Gasteiger partial charge in [-0.3, -0.25) is 4.79 Å². The van der Waals surface area contributed by atoms with Gasteiger partial charge in [-0.15, -0.1) is 0 Å². The number of hydrogen-bond acceptors (Lipinski definition) is 3. The Labute approximate surface area is 121 Å². The van der Waals surface area contributed by atoms with Crippen LogP contribution in [0.25, 0.3) is 0 Å². The van der Waals surface area contributed by atoms with E-state index in [0.717, 1.165) is 12.8 Å². The van der Waals surface area contributed by atoms with Gasteiger partial charge < -0.3 is 14.7 Å². The molecule has 1 amide bonds. The fourth-order valence-electron chi connectivity index (χ4n) is 2.64. The van der Waals surface area contributed by atoms with E-state index in [0.29, 0.717) is 13.1 Å². The molecule has 1 atom stereocenters. The number of hydrogen-bond donors (Lipinski definition) is 1. The summed E-state index contributed by atoms with van der Waals surface area (Å²) in [6, 6.07) is 0. The molecule has 0 radical (unpaired) electrons. The van der Waals surface area contributed by atoms with Crippen LogP contribution >= 0.6 is 0 Å². The fraction of sp³-hybridized carbons (Fsp3) is 0.867. The van der Waals surface area contributed by atoms with Crippen LogP contribution in [-0.4, -0.2) is 40.8 Å². The van der Waals surface area contributed by atoms with Gasteiger partial charge in [-0.2, -0.15) is 0 Å². The summed E-state index contributed by atoms with van der Waals surface area (Å²) in [4.78, 5) is 24.8. The van der Waals surface area contributed by atoms with Gasteiger partial charge in [0.1, 0.15) is 5.60 Å². The van der Waals surface area contributed by atoms with E-state index in [-0.39, 0.29) is 23.8 Å². The molecule has 20 heavy (non-hydrogen) atoms. The predicted molar refractivity (Wildman–Crippen MR) is 76.6 cm³/mol. The van der Waals surface area contributed by atoms with Crippen molar-refractivity contribution >= 4 is 12.1 Å². The number of carboxylic acids is 1. The SMILES string of the molecule is CC(C)(C)OC(=O)N1CCCC(C(C)(C)CC(=O)O)C1. The number of aliphatic carboxylic acids is 1. The third-order valence-corrected chi connectivity index (χ3v) is 3.79. The number of carbonyl (C=O) groups excluding carboxylic acids is 1. The average molecular weight is 285 g/mol. The summed E-state index contributed by atoms with van der Waals surface area (Å²) in [7, 11) is 0. The molecule has 1 saturated heterocycles. The van der Waals surface area contributed by atoms with Gasteiger partial charge in [-0.05, 0) is 44.9 Å². The molecule has 1 fully saturated rings. The molecule has 0 aromatic rings. The second-order valence-corrected chi connectivity index (χ2v) is 7.32. The van der Waals surface area contributed by atoms with Gasteiger partial charge in [-0.1, -0.05) is 13.8 Å². The summed E-state index contributed by atoms with van der Waals surface area (Å²) < 4.78 is 5.39. The minimum atomic E-state index is -0.788. The first-order valence-corrected chi connectivity index (χ1v) is 7.21. The van der Waals surface area contributed by atoms with E-state index in [9.17, 15) is 9.59 Å². The maximum atomic E-state index is 12.1. The quantitative estimate of drug-likeness (QED) is 0.865. The van der Waals surface area contributed by atoms with E-state index in [1.165, 1.54) is 0 Å². The van der Waals surface area contributed by atoms with Crippen molar-refractivity contribution < 1.29 is 19.4 Å². The first-order valence-electron chi connectivity index (χ1n) is 7.21. The van der Waals surface area contributed by atoms with Crippen LogP contribution in [0, 0.1) is 11.3 Å². The van der Waals surface area contributed by atoms with Crippen molar-refractivity contribution in [3.05, 3.63) is 0 Å². The van der Waals surface area contributed by atoms with Crippen molar-refractivity contribution in [3.63, 3.8) is 0 Å². The van der Waals surface area contributed by atoms with Crippen LogP contribution in [0.5, 0.6) is 0 Å². The summed E-state index contributed by atoms with van der Waals surface area (Å²) >= 11 is 0. The zero-order chi connectivity index (χ0) is 15.6. The van der Waals surface area contributed by atoms with Gasteiger partial charge in [0.2, 0.25) is 0 Å². The Morgan fingerprint density at radius 1 is 1.25 bits per heavy atom. The van der Waals surface area contributed by atoms with Crippen LogP contribution in [0.3, 0.4) is 0 Å². The maximum absolute atomic E-state index is 12.1. The highest BCUT2D eigenvalue weighted by atomic mass is 16.6. The Morgan fingerprint density at radius 2 is 1.85 bits per heavy atom. The van der Waals surface area contributed by atoms with Crippen LogP contribution in [0.2, 0.25) is 0 Å². The van der Waals surface area contributed by atoms with Crippen molar-refractivity contribution in [3.8, 4) is 0 Å². The van der Waals surface area contributed by atoms with Crippen LogP contribution in [0.15, 0.2) is 0 Å². The van der Waals surface area contributed by atoms with Gasteiger partial charge >= 0.3 is 12.1 Å². The van der Waals surface area contributed by atoms with Crippen LogP contribution in [-0.2, 0) is 9.53 Å². The summed E-state index contributed by atoms with van der Waals surface area (Å²) in [6.07, 6.45) is 1.68. The van der Waals surface area contributed by atoms with E-state index >= 15 is 0 Å². The Kier molecular flexibility index (Phi) is 5.05. The van der Waals surface area contributed by atoms with Gasteiger partial charge in [0.05, 0.1) is 6.42 Å². The average Bonchev–Trinajstić information content (AvgIpc) is 2.25. The van der Waals surface area contributed by atoms with Crippen molar-refractivity contribution in [1.82, 2.24) is 4.90 Å². The standard InChI is InChI=1S/C15H27NO4/c1-14(2,3)20-13(19)16-8-6-7-11(10-16)15(4,5)9-12(17)18/h11H,6-10H2,1-5H3,(H,17,18). The number of nitrogens with zero attached hydrogens (tertiary/aromatic N) is 1. The number of ether oxygens (including phenoxy) is 1. The topological polar surface area (TPSA) is 66.8 Å². The molecule has 0 spiro atoms. The molecular weight excluding hydrogens is 258 g/mol. The smallest absolute Gasteiger partial charge is 0.410 e.